The number of carboxylic acids is 1. The van der Waals surface area contributed by atoms with Crippen LogP contribution in [0.2, 0.25) is 0 Å². The van der Waals surface area contributed by atoms with Gasteiger partial charge in [0.1, 0.15) is 5.75 Å². The van der Waals surface area contributed by atoms with Gasteiger partial charge in [-0.2, -0.15) is 0 Å². The fraction of sp³-hybridized carbons (Fsp3) is 0.217. The van der Waals surface area contributed by atoms with Crippen molar-refractivity contribution in [1.82, 2.24) is 9.97 Å². The maximum Gasteiger partial charge on any atom is 0.335 e. The lowest BCUT2D eigenvalue weighted by Crippen LogP contribution is -2.33. The molecule has 0 bridgehead atoms. The molecule has 32 heavy (non-hydrogen) atoms. The van der Waals surface area contributed by atoms with Crippen LogP contribution in [0, 0.1) is 5.41 Å². The highest BCUT2D eigenvalue weighted by atomic mass is 16.4. The number of aromatic carboxylic acids is 1. The summed E-state index contributed by atoms with van der Waals surface area (Å²) in [6.07, 6.45) is 0. The lowest BCUT2D eigenvalue weighted by Gasteiger charge is -2.27. The summed E-state index contributed by atoms with van der Waals surface area (Å²) in [5.41, 5.74) is 0.378. The van der Waals surface area contributed by atoms with Gasteiger partial charge in [-0.05, 0) is 35.9 Å². The van der Waals surface area contributed by atoms with Crippen molar-refractivity contribution < 1.29 is 29.7 Å². The highest BCUT2D eigenvalue weighted by Crippen LogP contribution is 2.43. The van der Waals surface area contributed by atoms with E-state index in [0.717, 1.165) is 0 Å². The van der Waals surface area contributed by atoms with Gasteiger partial charge in [0, 0.05) is 5.41 Å². The normalized spacial score (nSPS) is 16.8. The Bertz CT molecular complexity index is 1300. The number of hydrogen-bond acceptors (Lipinski definition) is 6. The molecule has 2 aromatic carbocycles. The van der Waals surface area contributed by atoms with Crippen molar-refractivity contribution >= 4 is 34.6 Å². The Hall–Kier alpha value is -4.14. The van der Waals surface area contributed by atoms with Crippen LogP contribution in [0.4, 0.5) is 5.95 Å². The molecule has 0 saturated heterocycles. The topological polar surface area (TPSA) is 144 Å². The van der Waals surface area contributed by atoms with Gasteiger partial charge in [0.15, 0.2) is 11.5 Å². The molecule has 0 spiro atoms. The summed E-state index contributed by atoms with van der Waals surface area (Å²) in [4.78, 5) is 46.1. The van der Waals surface area contributed by atoms with Gasteiger partial charge in [-0.15, -0.1) is 0 Å². The van der Waals surface area contributed by atoms with E-state index in [1.54, 1.807) is 32.9 Å². The number of fused-ring (bicyclic) bond motifs is 1. The first-order valence-electron chi connectivity index (χ1n) is 9.82. The quantitative estimate of drug-likeness (QED) is 0.491. The van der Waals surface area contributed by atoms with Gasteiger partial charge in [0.2, 0.25) is 5.95 Å². The van der Waals surface area contributed by atoms with E-state index in [-0.39, 0.29) is 22.8 Å². The molecule has 1 aromatic heterocycles. The molecule has 1 aliphatic rings. The van der Waals surface area contributed by atoms with Crippen LogP contribution >= 0.6 is 0 Å². The number of rotatable bonds is 4. The number of H-pyrrole nitrogens is 1. The summed E-state index contributed by atoms with van der Waals surface area (Å²) in [5, 5.41) is 29.6. The van der Waals surface area contributed by atoms with Crippen molar-refractivity contribution in [2.45, 2.75) is 26.8 Å². The van der Waals surface area contributed by atoms with E-state index in [1.807, 2.05) is 0 Å². The number of Topliss-reactive ketones (excluding diaryl/α,β-unsaturated/α-hetero) is 1. The zero-order valence-corrected chi connectivity index (χ0v) is 17.6. The zero-order valence-electron chi connectivity index (χ0n) is 17.6. The predicted molar refractivity (Wildman–Crippen MR) is 116 cm³/mol. The van der Waals surface area contributed by atoms with E-state index in [1.165, 1.54) is 35.2 Å². The lowest BCUT2D eigenvalue weighted by molar-refractivity contribution is -0.123. The number of phenols is 1. The number of aromatic nitrogens is 2. The number of hydrogen-bond donors (Lipinski definition) is 4. The Morgan fingerprint density at radius 1 is 1.06 bits per heavy atom. The number of aliphatic hydroxyl groups is 1. The summed E-state index contributed by atoms with van der Waals surface area (Å²) in [6.45, 7) is 5.06. The number of phenolic OH excluding ortho intramolecular Hbond substituents is 1. The third-order valence-electron chi connectivity index (χ3n) is 5.29. The van der Waals surface area contributed by atoms with Crippen molar-refractivity contribution in [2.75, 3.05) is 4.90 Å². The number of aliphatic hydroxyl groups excluding tert-OH is 1. The molecule has 4 rings (SSSR count). The Morgan fingerprint density at radius 2 is 1.72 bits per heavy atom. The van der Waals surface area contributed by atoms with Crippen LogP contribution < -0.4 is 4.90 Å². The number of amides is 1. The largest absolute Gasteiger partial charge is 0.508 e. The lowest BCUT2D eigenvalue weighted by atomic mass is 9.82. The average Bonchev–Trinajstić information content (AvgIpc) is 3.25. The third-order valence-corrected chi connectivity index (χ3v) is 5.29. The number of aromatic amines is 1. The molecule has 0 aliphatic carbocycles. The minimum Gasteiger partial charge on any atom is -0.508 e. The van der Waals surface area contributed by atoms with Gasteiger partial charge in [-0.3, -0.25) is 14.5 Å². The second-order valence-electron chi connectivity index (χ2n) is 8.61. The molecule has 1 atom stereocenters. The van der Waals surface area contributed by atoms with Crippen molar-refractivity contribution in [3.05, 3.63) is 64.9 Å². The number of anilines is 1. The minimum atomic E-state index is -1.11. The maximum absolute atomic E-state index is 13.2. The third kappa shape index (κ3) is 3.37. The van der Waals surface area contributed by atoms with Crippen LogP contribution in [-0.4, -0.2) is 42.9 Å². The Balaban J connectivity index is 1.89. The highest BCUT2D eigenvalue weighted by molar-refractivity contribution is 6.17. The number of nitrogens with one attached hydrogen (secondary N) is 1. The van der Waals surface area contributed by atoms with E-state index in [0.29, 0.717) is 16.6 Å². The molecule has 4 N–H and O–H groups in total. The molecule has 1 aliphatic heterocycles. The molecule has 0 fully saturated rings. The van der Waals surface area contributed by atoms with Crippen LogP contribution in [0.1, 0.15) is 42.7 Å². The molecule has 9 nitrogen and oxygen atoms in total. The monoisotopic (exact) mass is 435 g/mol. The summed E-state index contributed by atoms with van der Waals surface area (Å²) in [6, 6.07) is 9.24. The maximum atomic E-state index is 13.2. The first-order chi connectivity index (χ1) is 15.0. The number of carbonyl (C=O) groups excluding carboxylic acids is 2. The second kappa shape index (κ2) is 7.23. The Kier molecular flexibility index (Phi) is 4.77. The minimum absolute atomic E-state index is 0.00598. The molecule has 0 radical (unpaired) electrons. The van der Waals surface area contributed by atoms with Crippen molar-refractivity contribution in [3.63, 3.8) is 0 Å². The molecule has 1 unspecified atom stereocenters. The van der Waals surface area contributed by atoms with Crippen molar-refractivity contribution in [1.29, 1.82) is 0 Å². The van der Waals surface area contributed by atoms with E-state index >= 15 is 0 Å². The van der Waals surface area contributed by atoms with Gasteiger partial charge < -0.3 is 20.3 Å². The van der Waals surface area contributed by atoms with Crippen LogP contribution in [0.3, 0.4) is 0 Å². The van der Waals surface area contributed by atoms with E-state index < -0.39 is 34.9 Å². The standard InChI is InChI=1S/C23H21N3O6/c1-23(2,3)19(29)16-17(11-4-7-13(27)8-5-11)26(20(30)18(16)28)22-24-14-9-6-12(21(31)32)10-15(14)25-22/h4-10,17,27-28H,1-3H3,(H,24,25)(H,31,32). The molecule has 164 valence electrons. The molecule has 1 amide bonds. The molecular formula is C23H21N3O6. The summed E-state index contributed by atoms with van der Waals surface area (Å²) >= 11 is 0. The van der Waals surface area contributed by atoms with Crippen LogP contribution in [0.15, 0.2) is 53.8 Å². The Morgan fingerprint density at radius 3 is 2.31 bits per heavy atom. The highest BCUT2D eigenvalue weighted by Gasteiger charge is 2.47. The first-order valence-corrected chi connectivity index (χ1v) is 9.82. The number of benzene rings is 2. The van der Waals surface area contributed by atoms with Crippen LogP contribution in [0.5, 0.6) is 5.75 Å². The van der Waals surface area contributed by atoms with Crippen LogP contribution in [-0.2, 0) is 9.59 Å². The average molecular weight is 435 g/mol. The van der Waals surface area contributed by atoms with E-state index in [2.05, 4.69) is 9.97 Å². The number of aromatic hydroxyl groups is 1. The van der Waals surface area contributed by atoms with Gasteiger partial charge in [0.05, 0.1) is 28.2 Å². The Labute approximate surface area is 182 Å². The van der Waals surface area contributed by atoms with E-state index in [4.69, 9.17) is 0 Å². The molecule has 0 saturated carbocycles. The fourth-order valence-electron chi connectivity index (χ4n) is 3.67. The number of ketones is 1. The number of carbonyl (C=O) groups is 3. The second-order valence-corrected chi connectivity index (χ2v) is 8.61. The van der Waals surface area contributed by atoms with Gasteiger partial charge in [-0.1, -0.05) is 32.9 Å². The van der Waals surface area contributed by atoms with Gasteiger partial charge in [-0.25, -0.2) is 9.78 Å². The smallest absolute Gasteiger partial charge is 0.335 e. The van der Waals surface area contributed by atoms with Gasteiger partial charge >= 0.3 is 5.97 Å². The fourth-order valence-corrected chi connectivity index (χ4v) is 3.67. The SMILES string of the molecule is CC(C)(C)C(=O)C1=C(O)C(=O)N(c2nc3ccc(C(=O)O)cc3[nH]2)C1c1ccc(O)cc1. The van der Waals surface area contributed by atoms with Crippen LogP contribution in [0.25, 0.3) is 11.0 Å². The van der Waals surface area contributed by atoms with E-state index in [9.17, 15) is 29.7 Å². The zero-order chi connectivity index (χ0) is 23.4. The van der Waals surface area contributed by atoms with Gasteiger partial charge in [0.25, 0.3) is 5.91 Å². The molecular weight excluding hydrogens is 414 g/mol. The predicted octanol–water partition coefficient (Wildman–Crippen LogP) is 3.48. The number of carboxylic acid groups (broad SMARTS) is 1. The number of imidazole rings is 1. The first kappa shape index (κ1) is 21.1. The van der Waals surface area contributed by atoms with Crippen molar-refractivity contribution in [2.24, 2.45) is 5.41 Å². The number of nitrogens with zero attached hydrogens (tertiary/aromatic N) is 2. The summed E-state index contributed by atoms with van der Waals surface area (Å²) in [5.74, 6) is -2.95. The summed E-state index contributed by atoms with van der Waals surface area (Å²) < 4.78 is 0. The molecule has 3 aromatic rings. The van der Waals surface area contributed by atoms with Crippen molar-refractivity contribution in [3.8, 4) is 5.75 Å². The molecule has 9 heteroatoms. The summed E-state index contributed by atoms with van der Waals surface area (Å²) in [7, 11) is 0. The molecule has 2 heterocycles.